The fourth-order valence-corrected chi connectivity index (χ4v) is 1.65. The second-order valence-corrected chi connectivity index (χ2v) is 4.48. The third kappa shape index (κ3) is 2.97. The summed E-state index contributed by atoms with van der Waals surface area (Å²) >= 11 is 5.95. The zero-order valence-electron chi connectivity index (χ0n) is 9.89. The van der Waals surface area contributed by atoms with Crippen molar-refractivity contribution in [3.05, 3.63) is 41.4 Å². The Hall–Kier alpha value is -1.55. The first-order valence-electron chi connectivity index (χ1n) is 5.54. The van der Waals surface area contributed by atoms with E-state index in [4.69, 9.17) is 11.6 Å². The fraction of sp³-hybridized carbons (Fsp3) is 0.333. The van der Waals surface area contributed by atoms with Gasteiger partial charge in [0.1, 0.15) is 0 Å². The molecule has 5 heteroatoms. The van der Waals surface area contributed by atoms with Crippen LogP contribution in [0, 0.1) is 0 Å². The molecule has 2 aromatic heterocycles. The lowest BCUT2D eigenvalue weighted by molar-refractivity contribution is 0.532. The van der Waals surface area contributed by atoms with E-state index in [1.807, 2.05) is 29.2 Å². The Morgan fingerprint density at radius 1 is 1.47 bits per heavy atom. The molecule has 1 N–H and O–H groups in total. The smallest absolute Gasteiger partial charge is 0.152 e. The maximum atomic E-state index is 5.95. The Labute approximate surface area is 106 Å². The number of nitrogens with one attached hydrogen (secondary N) is 1. The molecule has 0 amide bonds. The molecule has 90 valence electrons. The van der Waals surface area contributed by atoms with Gasteiger partial charge in [-0.05, 0) is 26.0 Å². The predicted octanol–water partition coefficient (Wildman–Crippen LogP) is 3.12. The third-order valence-corrected chi connectivity index (χ3v) is 2.73. The molecule has 0 aliphatic heterocycles. The van der Waals surface area contributed by atoms with Gasteiger partial charge in [-0.15, -0.1) is 0 Å². The van der Waals surface area contributed by atoms with E-state index < -0.39 is 0 Å². The maximum Gasteiger partial charge on any atom is 0.152 e. The number of halogens is 1. The van der Waals surface area contributed by atoms with Crippen LogP contribution < -0.4 is 5.32 Å². The van der Waals surface area contributed by atoms with Crippen molar-refractivity contribution in [2.24, 2.45) is 0 Å². The van der Waals surface area contributed by atoms with Crippen molar-refractivity contribution in [3.8, 4) is 0 Å². The highest BCUT2D eigenvalue weighted by atomic mass is 35.5. The molecule has 0 atom stereocenters. The number of hydrogen-bond acceptors (Lipinski definition) is 3. The molecule has 2 rings (SSSR count). The van der Waals surface area contributed by atoms with Gasteiger partial charge in [0.05, 0.1) is 11.9 Å². The molecule has 0 saturated heterocycles. The van der Waals surface area contributed by atoms with Crippen molar-refractivity contribution < 1.29 is 0 Å². The zero-order chi connectivity index (χ0) is 12.3. The summed E-state index contributed by atoms with van der Waals surface area (Å²) in [4.78, 5) is 4.01. The minimum absolute atomic E-state index is 0.380. The SMILES string of the molecule is CC(C)n1cc(CNc2cccnc2Cl)cn1. The summed E-state index contributed by atoms with van der Waals surface area (Å²) in [6, 6.07) is 4.14. The summed E-state index contributed by atoms with van der Waals surface area (Å²) in [7, 11) is 0. The second-order valence-electron chi connectivity index (χ2n) is 4.12. The van der Waals surface area contributed by atoms with Gasteiger partial charge in [0.2, 0.25) is 0 Å². The van der Waals surface area contributed by atoms with Crippen molar-refractivity contribution in [1.82, 2.24) is 14.8 Å². The highest BCUT2D eigenvalue weighted by molar-refractivity contribution is 6.31. The van der Waals surface area contributed by atoms with E-state index in [1.54, 1.807) is 6.20 Å². The number of nitrogens with zero attached hydrogens (tertiary/aromatic N) is 3. The maximum absolute atomic E-state index is 5.95. The second kappa shape index (κ2) is 5.19. The Morgan fingerprint density at radius 2 is 2.29 bits per heavy atom. The standard InChI is InChI=1S/C12H15ClN4/c1-9(2)17-8-10(7-16-17)6-15-11-4-3-5-14-12(11)13/h3-5,7-9,15H,6H2,1-2H3. The molecule has 0 aliphatic rings. The number of pyridine rings is 1. The molecule has 0 spiro atoms. The fourth-order valence-electron chi connectivity index (χ4n) is 1.47. The van der Waals surface area contributed by atoms with E-state index in [9.17, 15) is 0 Å². The minimum Gasteiger partial charge on any atom is -0.378 e. The largest absolute Gasteiger partial charge is 0.378 e. The highest BCUT2D eigenvalue weighted by Gasteiger charge is 2.03. The van der Waals surface area contributed by atoms with Gasteiger partial charge in [-0.2, -0.15) is 5.10 Å². The molecule has 0 radical (unpaired) electrons. The van der Waals surface area contributed by atoms with Gasteiger partial charge in [0.15, 0.2) is 5.15 Å². The number of anilines is 1. The minimum atomic E-state index is 0.380. The molecule has 4 nitrogen and oxygen atoms in total. The summed E-state index contributed by atoms with van der Waals surface area (Å²) in [5.74, 6) is 0. The molecule has 2 heterocycles. The quantitative estimate of drug-likeness (QED) is 0.848. The normalized spacial score (nSPS) is 10.8. The summed E-state index contributed by atoms with van der Waals surface area (Å²) < 4.78 is 1.93. The molecule has 0 fully saturated rings. The van der Waals surface area contributed by atoms with Crippen molar-refractivity contribution in [2.45, 2.75) is 26.4 Å². The van der Waals surface area contributed by atoms with E-state index in [0.29, 0.717) is 17.7 Å². The first kappa shape index (κ1) is 11.9. The number of hydrogen-bond donors (Lipinski definition) is 1. The molecule has 0 unspecified atom stereocenters. The first-order valence-corrected chi connectivity index (χ1v) is 5.92. The number of rotatable bonds is 4. The number of aromatic nitrogens is 3. The monoisotopic (exact) mass is 250 g/mol. The van der Waals surface area contributed by atoms with E-state index in [-0.39, 0.29) is 0 Å². The molecule has 17 heavy (non-hydrogen) atoms. The summed E-state index contributed by atoms with van der Waals surface area (Å²) in [6.07, 6.45) is 5.56. The zero-order valence-corrected chi connectivity index (χ0v) is 10.6. The van der Waals surface area contributed by atoms with Crippen molar-refractivity contribution in [1.29, 1.82) is 0 Å². The van der Waals surface area contributed by atoms with Gasteiger partial charge in [0.25, 0.3) is 0 Å². The van der Waals surface area contributed by atoms with E-state index in [2.05, 4.69) is 29.2 Å². The average Bonchev–Trinajstić information content (AvgIpc) is 2.77. The molecular weight excluding hydrogens is 236 g/mol. The van der Waals surface area contributed by atoms with Gasteiger partial charge in [-0.3, -0.25) is 4.68 Å². The van der Waals surface area contributed by atoms with Gasteiger partial charge in [-0.1, -0.05) is 11.6 Å². The van der Waals surface area contributed by atoms with Crippen LogP contribution in [0.15, 0.2) is 30.7 Å². The molecule has 2 aromatic rings. The topological polar surface area (TPSA) is 42.7 Å². The lowest BCUT2D eigenvalue weighted by Crippen LogP contribution is -2.01. The van der Waals surface area contributed by atoms with Crippen LogP contribution in [-0.2, 0) is 6.54 Å². The molecule has 0 bridgehead atoms. The lowest BCUT2D eigenvalue weighted by Gasteiger charge is -2.06. The Kier molecular flexibility index (Phi) is 3.64. The van der Waals surface area contributed by atoms with Crippen molar-refractivity contribution in [3.63, 3.8) is 0 Å². The Morgan fingerprint density at radius 3 is 2.94 bits per heavy atom. The summed E-state index contributed by atoms with van der Waals surface area (Å²) in [6.45, 7) is 4.89. The van der Waals surface area contributed by atoms with Crippen LogP contribution in [0.2, 0.25) is 5.15 Å². The predicted molar refractivity (Wildman–Crippen MR) is 69.2 cm³/mol. The van der Waals surface area contributed by atoms with Gasteiger partial charge in [0, 0.05) is 30.5 Å². The first-order chi connectivity index (χ1) is 8.16. The van der Waals surface area contributed by atoms with E-state index >= 15 is 0 Å². The van der Waals surface area contributed by atoms with Crippen LogP contribution >= 0.6 is 11.6 Å². The van der Waals surface area contributed by atoms with Crippen molar-refractivity contribution in [2.75, 3.05) is 5.32 Å². The third-order valence-electron chi connectivity index (χ3n) is 2.43. The van der Waals surface area contributed by atoms with Crippen LogP contribution in [0.4, 0.5) is 5.69 Å². The van der Waals surface area contributed by atoms with E-state index in [1.165, 1.54) is 0 Å². The van der Waals surface area contributed by atoms with Gasteiger partial charge in [-0.25, -0.2) is 4.98 Å². The highest BCUT2D eigenvalue weighted by Crippen LogP contribution is 2.18. The van der Waals surface area contributed by atoms with Crippen LogP contribution in [0.25, 0.3) is 0 Å². The lowest BCUT2D eigenvalue weighted by atomic mass is 10.3. The van der Waals surface area contributed by atoms with Crippen LogP contribution in [0.1, 0.15) is 25.5 Å². The van der Waals surface area contributed by atoms with Crippen LogP contribution in [0.3, 0.4) is 0 Å². The molecule has 0 aromatic carbocycles. The van der Waals surface area contributed by atoms with Crippen LogP contribution in [-0.4, -0.2) is 14.8 Å². The Balaban J connectivity index is 2.00. The van der Waals surface area contributed by atoms with Crippen LogP contribution in [0.5, 0.6) is 0 Å². The summed E-state index contributed by atoms with van der Waals surface area (Å²) in [5.41, 5.74) is 1.96. The molecular formula is C12H15ClN4. The summed E-state index contributed by atoms with van der Waals surface area (Å²) in [5, 5.41) is 8.00. The molecule has 0 saturated carbocycles. The van der Waals surface area contributed by atoms with Crippen molar-refractivity contribution >= 4 is 17.3 Å². The molecule has 0 aliphatic carbocycles. The Bertz CT molecular complexity index is 493. The van der Waals surface area contributed by atoms with E-state index in [0.717, 1.165) is 11.3 Å². The van der Waals surface area contributed by atoms with Gasteiger partial charge >= 0.3 is 0 Å². The van der Waals surface area contributed by atoms with Gasteiger partial charge < -0.3 is 5.32 Å². The average molecular weight is 251 g/mol.